The van der Waals surface area contributed by atoms with E-state index in [1.54, 1.807) is 19.2 Å². The van der Waals surface area contributed by atoms with E-state index in [1.165, 1.54) is 7.11 Å². The van der Waals surface area contributed by atoms with Gasteiger partial charge in [-0.1, -0.05) is 0 Å². The van der Waals surface area contributed by atoms with Gasteiger partial charge in [-0.05, 0) is 44.8 Å². The second-order valence-corrected chi connectivity index (χ2v) is 6.68. The third-order valence-corrected chi connectivity index (χ3v) is 4.41. The number of rotatable bonds is 9. The lowest BCUT2D eigenvalue weighted by atomic mass is 10.1. The van der Waals surface area contributed by atoms with Crippen LogP contribution in [0, 0.1) is 0 Å². The van der Waals surface area contributed by atoms with Crippen LogP contribution in [0.1, 0.15) is 16.8 Å². The Morgan fingerprint density at radius 2 is 1.89 bits per heavy atom. The first-order valence-electron chi connectivity index (χ1n) is 9.04. The molecule has 0 aliphatic carbocycles. The lowest BCUT2D eigenvalue weighted by Gasteiger charge is -2.10. The minimum atomic E-state index is 0.424. The fraction of sp³-hybridized carbons (Fsp3) is 0.333. The van der Waals surface area contributed by atoms with Crippen LogP contribution in [0.2, 0.25) is 0 Å². The predicted octanol–water partition coefficient (Wildman–Crippen LogP) is 3.39. The fourth-order valence-corrected chi connectivity index (χ4v) is 2.97. The van der Waals surface area contributed by atoms with Crippen molar-refractivity contribution in [2.45, 2.75) is 6.42 Å². The molecule has 0 spiro atoms. The maximum Gasteiger partial charge on any atom is 0.153 e. The van der Waals surface area contributed by atoms with Gasteiger partial charge in [0.05, 0.1) is 43.0 Å². The van der Waals surface area contributed by atoms with E-state index < -0.39 is 0 Å². The number of fused-ring (bicyclic) bond motifs is 1. The molecule has 0 atom stereocenters. The van der Waals surface area contributed by atoms with E-state index in [9.17, 15) is 4.79 Å². The minimum Gasteiger partial charge on any atom is -0.496 e. The van der Waals surface area contributed by atoms with E-state index in [0.717, 1.165) is 41.6 Å². The van der Waals surface area contributed by atoms with Crippen LogP contribution in [-0.4, -0.2) is 62.6 Å². The van der Waals surface area contributed by atoms with Crippen LogP contribution in [0.15, 0.2) is 30.3 Å². The quantitative estimate of drug-likeness (QED) is 0.451. The molecule has 0 radical (unpaired) electrons. The Hall–Kier alpha value is -3.06. The van der Waals surface area contributed by atoms with Crippen LogP contribution < -0.4 is 14.2 Å². The number of ether oxygens (including phenoxy) is 3. The molecule has 1 N–H and O–H groups in total. The zero-order valence-electron chi connectivity index (χ0n) is 16.6. The van der Waals surface area contributed by atoms with E-state index >= 15 is 0 Å². The summed E-state index contributed by atoms with van der Waals surface area (Å²) in [5, 5.41) is 0. The van der Waals surface area contributed by atoms with Gasteiger partial charge in [-0.25, -0.2) is 4.98 Å². The molecule has 0 fully saturated rings. The SMILES string of the molecule is COc1cc(-c2nc3cc(OCCCN(C)C)ccc3[nH]2)c(OC)cc1C=O. The first-order valence-corrected chi connectivity index (χ1v) is 9.04. The molecule has 3 aromatic rings. The molecular formula is C21H25N3O4. The number of nitrogens with one attached hydrogen (secondary N) is 1. The number of aromatic nitrogens is 2. The molecule has 0 unspecified atom stereocenters. The van der Waals surface area contributed by atoms with Crippen molar-refractivity contribution in [2.75, 3.05) is 41.5 Å². The van der Waals surface area contributed by atoms with Crippen LogP contribution in [0.4, 0.5) is 0 Å². The monoisotopic (exact) mass is 383 g/mol. The average Bonchev–Trinajstić information content (AvgIpc) is 3.13. The highest BCUT2D eigenvalue weighted by Crippen LogP contribution is 2.35. The van der Waals surface area contributed by atoms with Crippen molar-refractivity contribution in [3.8, 4) is 28.6 Å². The molecule has 0 aliphatic heterocycles. The summed E-state index contributed by atoms with van der Waals surface area (Å²) in [5.74, 6) is 2.43. The second-order valence-electron chi connectivity index (χ2n) is 6.68. The van der Waals surface area contributed by atoms with E-state index in [0.29, 0.717) is 29.5 Å². The van der Waals surface area contributed by atoms with E-state index in [1.807, 2.05) is 32.3 Å². The van der Waals surface area contributed by atoms with Crippen molar-refractivity contribution in [1.82, 2.24) is 14.9 Å². The molecule has 148 valence electrons. The molecular weight excluding hydrogens is 358 g/mol. The largest absolute Gasteiger partial charge is 0.496 e. The number of aldehydes is 1. The molecule has 0 saturated heterocycles. The fourth-order valence-electron chi connectivity index (χ4n) is 2.97. The predicted molar refractivity (Wildman–Crippen MR) is 109 cm³/mol. The first-order chi connectivity index (χ1) is 13.5. The lowest BCUT2D eigenvalue weighted by molar-refractivity contribution is 0.112. The summed E-state index contributed by atoms with van der Waals surface area (Å²) in [6.07, 6.45) is 1.70. The average molecular weight is 383 g/mol. The Bertz CT molecular complexity index is 966. The van der Waals surface area contributed by atoms with Gasteiger partial charge in [0.15, 0.2) is 6.29 Å². The number of H-pyrrole nitrogens is 1. The first kappa shape index (κ1) is 19.7. The van der Waals surface area contributed by atoms with E-state index in [2.05, 4.69) is 14.9 Å². The highest BCUT2D eigenvalue weighted by molar-refractivity contribution is 5.86. The van der Waals surface area contributed by atoms with Crippen LogP contribution >= 0.6 is 0 Å². The van der Waals surface area contributed by atoms with Crippen LogP contribution in [0.25, 0.3) is 22.4 Å². The summed E-state index contributed by atoms with van der Waals surface area (Å²) in [5.41, 5.74) is 2.82. The molecule has 1 heterocycles. The van der Waals surface area contributed by atoms with Gasteiger partial charge >= 0.3 is 0 Å². The van der Waals surface area contributed by atoms with Gasteiger partial charge in [-0.3, -0.25) is 4.79 Å². The molecule has 2 aromatic carbocycles. The maximum absolute atomic E-state index is 11.3. The Kier molecular flexibility index (Phi) is 6.16. The summed E-state index contributed by atoms with van der Waals surface area (Å²) < 4.78 is 16.6. The van der Waals surface area contributed by atoms with Crippen LogP contribution in [-0.2, 0) is 0 Å². The van der Waals surface area contributed by atoms with Gasteiger partial charge in [0, 0.05) is 12.6 Å². The van der Waals surface area contributed by atoms with Gasteiger partial charge in [-0.2, -0.15) is 0 Å². The van der Waals surface area contributed by atoms with Gasteiger partial charge in [0.2, 0.25) is 0 Å². The lowest BCUT2D eigenvalue weighted by Crippen LogP contribution is -2.15. The number of carbonyl (C=O) groups is 1. The highest BCUT2D eigenvalue weighted by Gasteiger charge is 2.16. The number of methoxy groups -OCH3 is 2. The van der Waals surface area contributed by atoms with E-state index in [4.69, 9.17) is 14.2 Å². The van der Waals surface area contributed by atoms with Gasteiger partial charge in [-0.15, -0.1) is 0 Å². The Balaban J connectivity index is 1.89. The van der Waals surface area contributed by atoms with Gasteiger partial charge in [0.25, 0.3) is 0 Å². The number of benzene rings is 2. The van der Waals surface area contributed by atoms with Crippen molar-refractivity contribution in [3.63, 3.8) is 0 Å². The number of hydrogen-bond donors (Lipinski definition) is 1. The Morgan fingerprint density at radius 3 is 2.57 bits per heavy atom. The van der Waals surface area contributed by atoms with Crippen LogP contribution in [0.3, 0.4) is 0 Å². The summed E-state index contributed by atoms with van der Waals surface area (Å²) in [7, 11) is 7.17. The molecule has 0 bridgehead atoms. The number of carbonyl (C=O) groups excluding carboxylic acids is 1. The molecule has 0 aliphatic rings. The molecule has 28 heavy (non-hydrogen) atoms. The van der Waals surface area contributed by atoms with Gasteiger partial charge in [0.1, 0.15) is 23.1 Å². The normalized spacial score (nSPS) is 11.0. The summed E-state index contributed by atoms with van der Waals surface area (Å²) in [6.45, 7) is 1.63. The summed E-state index contributed by atoms with van der Waals surface area (Å²) in [6, 6.07) is 9.17. The third-order valence-electron chi connectivity index (χ3n) is 4.41. The topological polar surface area (TPSA) is 76.7 Å². The highest BCUT2D eigenvalue weighted by atomic mass is 16.5. The van der Waals surface area contributed by atoms with Crippen molar-refractivity contribution in [1.29, 1.82) is 0 Å². The second kappa shape index (κ2) is 8.75. The summed E-state index contributed by atoms with van der Waals surface area (Å²) in [4.78, 5) is 21.3. The standard InChI is InChI=1S/C21H25N3O4/c1-24(2)8-5-9-28-15-6-7-17-18(11-15)23-21(22-17)16-12-19(26-3)14(13-25)10-20(16)27-4/h6-7,10-13H,5,8-9H2,1-4H3,(H,22,23). The van der Waals surface area contributed by atoms with Crippen molar-refractivity contribution in [3.05, 3.63) is 35.9 Å². The van der Waals surface area contributed by atoms with E-state index in [-0.39, 0.29) is 0 Å². The molecule has 0 amide bonds. The molecule has 7 nitrogen and oxygen atoms in total. The summed E-state index contributed by atoms with van der Waals surface area (Å²) >= 11 is 0. The molecule has 3 rings (SSSR count). The minimum absolute atomic E-state index is 0.424. The molecule has 1 aromatic heterocycles. The Labute approximate surface area is 164 Å². The number of hydrogen-bond acceptors (Lipinski definition) is 6. The zero-order valence-corrected chi connectivity index (χ0v) is 16.6. The smallest absolute Gasteiger partial charge is 0.153 e. The van der Waals surface area contributed by atoms with Crippen molar-refractivity contribution in [2.24, 2.45) is 0 Å². The molecule has 0 saturated carbocycles. The third kappa shape index (κ3) is 4.26. The zero-order chi connectivity index (χ0) is 20.1. The molecule has 7 heteroatoms. The van der Waals surface area contributed by atoms with Crippen molar-refractivity contribution >= 4 is 17.3 Å². The Morgan fingerprint density at radius 1 is 1.11 bits per heavy atom. The number of aromatic amines is 1. The number of nitrogens with zero attached hydrogens (tertiary/aromatic N) is 2. The van der Waals surface area contributed by atoms with Gasteiger partial charge < -0.3 is 24.1 Å². The number of imidazole rings is 1. The maximum atomic E-state index is 11.3. The van der Waals surface area contributed by atoms with Crippen molar-refractivity contribution < 1.29 is 19.0 Å². The van der Waals surface area contributed by atoms with Crippen LogP contribution in [0.5, 0.6) is 17.2 Å².